The van der Waals surface area contributed by atoms with Crippen LogP contribution in [-0.4, -0.2) is 11.4 Å². The molecule has 0 heterocycles. The molecule has 0 aromatic heterocycles. The molecular weight excluding hydrogens is 201 g/mol. The molecule has 3 heteroatoms. The van der Waals surface area contributed by atoms with Gasteiger partial charge in [0.25, 0.3) is 0 Å². The Kier molecular flexibility index (Phi) is 2.75. The number of nitrogens with one attached hydrogen (secondary N) is 1. The maximum Gasteiger partial charge on any atom is 0.127 e. The van der Waals surface area contributed by atoms with Gasteiger partial charge in [0.1, 0.15) is 5.82 Å². The van der Waals surface area contributed by atoms with E-state index in [2.05, 4.69) is 5.32 Å². The summed E-state index contributed by atoms with van der Waals surface area (Å²) in [6, 6.07) is 6.83. The lowest BCUT2D eigenvalue weighted by Crippen LogP contribution is -2.32. The Bertz CT molecular complexity index is 323. The third-order valence-corrected chi connectivity index (χ3v) is 3.23. The van der Waals surface area contributed by atoms with Crippen LogP contribution in [0.3, 0.4) is 0 Å². The summed E-state index contributed by atoms with van der Waals surface area (Å²) in [5, 5.41) is 3.30. The van der Waals surface area contributed by atoms with Crippen molar-refractivity contribution in [1.82, 2.24) is 5.32 Å². The summed E-state index contributed by atoms with van der Waals surface area (Å²) >= 11 is 5.81. The average Bonchev–Trinajstić information content (AvgIpc) is 2.98. The Labute approximate surface area is 88.3 Å². The summed E-state index contributed by atoms with van der Waals surface area (Å²) in [7, 11) is 0. The van der Waals surface area contributed by atoms with Crippen molar-refractivity contribution in [3.63, 3.8) is 0 Å². The van der Waals surface area contributed by atoms with Crippen molar-refractivity contribution in [2.75, 3.05) is 5.88 Å². The van der Waals surface area contributed by atoms with Gasteiger partial charge < -0.3 is 5.32 Å². The van der Waals surface area contributed by atoms with E-state index < -0.39 is 0 Å². The van der Waals surface area contributed by atoms with Gasteiger partial charge in [-0.1, -0.05) is 18.2 Å². The van der Waals surface area contributed by atoms with Gasteiger partial charge in [-0.15, -0.1) is 11.6 Å². The molecule has 0 amide bonds. The lowest BCUT2D eigenvalue weighted by Gasteiger charge is -2.13. The van der Waals surface area contributed by atoms with Crippen molar-refractivity contribution in [3.05, 3.63) is 35.6 Å². The van der Waals surface area contributed by atoms with Crippen LogP contribution in [0.2, 0.25) is 0 Å². The molecule has 1 fully saturated rings. The number of alkyl halides is 1. The fourth-order valence-electron chi connectivity index (χ4n) is 1.43. The largest absolute Gasteiger partial charge is 0.306 e. The van der Waals surface area contributed by atoms with Crippen LogP contribution in [0.25, 0.3) is 0 Å². The molecule has 0 radical (unpaired) electrons. The van der Waals surface area contributed by atoms with Crippen LogP contribution in [0.1, 0.15) is 18.4 Å². The van der Waals surface area contributed by atoms with Gasteiger partial charge in [-0.05, 0) is 18.9 Å². The summed E-state index contributed by atoms with van der Waals surface area (Å²) in [5.41, 5.74) is 0.799. The van der Waals surface area contributed by atoms with Crippen LogP contribution >= 0.6 is 11.6 Å². The number of halogens is 2. The molecule has 0 bridgehead atoms. The van der Waals surface area contributed by atoms with Gasteiger partial charge in [0.05, 0.1) is 0 Å². The highest BCUT2D eigenvalue weighted by Crippen LogP contribution is 2.36. The Morgan fingerprint density at radius 2 is 2.07 bits per heavy atom. The van der Waals surface area contributed by atoms with Crippen molar-refractivity contribution < 1.29 is 4.39 Å². The van der Waals surface area contributed by atoms with Crippen LogP contribution in [0.15, 0.2) is 24.3 Å². The summed E-state index contributed by atoms with van der Waals surface area (Å²) in [6.07, 6.45) is 2.20. The second-order valence-corrected chi connectivity index (χ2v) is 4.13. The van der Waals surface area contributed by atoms with Gasteiger partial charge >= 0.3 is 0 Å². The minimum absolute atomic E-state index is 0.0871. The number of benzene rings is 1. The number of hydrogen-bond acceptors (Lipinski definition) is 1. The molecule has 1 aliphatic carbocycles. The first-order valence-corrected chi connectivity index (χ1v) is 5.34. The molecule has 1 aromatic carbocycles. The van der Waals surface area contributed by atoms with Gasteiger partial charge in [0.15, 0.2) is 0 Å². The maximum absolute atomic E-state index is 13.2. The lowest BCUT2D eigenvalue weighted by molar-refractivity contribution is 0.522. The smallest absolute Gasteiger partial charge is 0.127 e. The predicted octanol–water partition coefficient (Wildman–Crippen LogP) is 2.69. The molecule has 14 heavy (non-hydrogen) atoms. The zero-order chi connectivity index (χ0) is 10.0. The Morgan fingerprint density at radius 1 is 1.36 bits per heavy atom. The van der Waals surface area contributed by atoms with E-state index in [-0.39, 0.29) is 11.4 Å². The molecule has 1 aliphatic rings. The summed E-state index contributed by atoms with van der Waals surface area (Å²) < 4.78 is 13.2. The summed E-state index contributed by atoms with van der Waals surface area (Å²) in [4.78, 5) is 0. The third kappa shape index (κ3) is 2.07. The van der Waals surface area contributed by atoms with Gasteiger partial charge in [0, 0.05) is 23.5 Å². The molecule has 76 valence electrons. The van der Waals surface area contributed by atoms with Crippen LogP contribution < -0.4 is 5.32 Å². The van der Waals surface area contributed by atoms with Gasteiger partial charge in [0.2, 0.25) is 0 Å². The van der Waals surface area contributed by atoms with E-state index in [9.17, 15) is 4.39 Å². The summed E-state index contributed by atoms with van der Waals surface area (Å²) in [6.45, 7) is 0.569. The van der Waals surface area contributed by atoms with Gasteiger partial charge in [-0.25, -0.2) is 4.39 Å². The van der Waals surface area contributed by atoms with E-state index >= 15 is 0 Å². The zero-order valence-electron chi connectivity index (χ0n) is 7.89. The molecule has 1 N–H and O–H groups in total. The highest BCUT2D eigenvalue weighted by Gasteiger charge is 2.41. The van der Waals surface area contributed by atoms with E-state index in [1.54, 1.807) is 12.1 Å². The minimum Gasteiger partial charge on any atom is -0.306 e. The molecule has 0 aliphatic heterocycles. The van der Waals surface area contributed by atoms with Crippen LogP contribution in [0, 0.1) is 5.82 Å². The first-order valence-electron chi connectivity index (χ1n) is 4.80. The molecule has 2 rings (SSSR count). The lowest BCUT2D eigenvalue weighted by atomic mass is 10.2. The highest BCUT2D eigenvalue weighted by molar-refractivity contribution is 6.18. The number of hydrogen-bond donors (Lipinski definition) is 1. The minimum atomic E-state index is -0.148. The normalized spacial score (nSPS) is 18.1. The Morgan fingerprint density at radius 3 is 2.64 bits per heavy atom. The first-order chi connectivity index (χ1) is 6.76. The van der Waals surface area contributed by atoms with E-state index in [1.807, 2.05) is 6.07 Å². The van der Waals surface area contributed by atoms with Gasteiger partial charge in [-0.3, -0.25) is 0 Å². The van der Waals surface area contributed by atoms with Crippen LogP contribution in [0.4, 0.5) is 4.39 Å². The molecule has 1 nitrogen and oxygen atoms in total. The van der Waals surface area contributed by atoms with E-state index in [0.29, 0.717) is 18.0 Å². The van der Waals surface area contributed by atoms with Crippen LogP contribution in [0.5, 0.6) is 0 Å². The molecule has 0 atom stereocenters. The fraction of sp³-hybridized carbons (Fsp3) is 0.455. The van der Waals surface area contributed by atoms with E-state index in [0.717, 1.165) is 12.8 Å². The molecular formula is C11H13ClFN. The molecule has 0 unspecified atom stereocenters. The predicted molar refractivity (Wildman–Crippen MR) is 55.9 cm³/mol. The Balaban J connectivity index is 1.95. The van der Waals surface area contributed by atoms with Crippen molar-refractivity contribution in [2.45, 2.75) is 24.9 Å². The van der Waals surface area contributed by atoms with E-state index in [4.69, 9.17) is 11.6 Å². The van der Waals surface area contributed by atoms with Crippen LogP contribution in [-0.2, 0) is 6.54 Å². The molecule has 1 saturated carbocycles. The zero-order valence-corrected chi connectivity index (χ0v) is 8.65. The quantitative estimate of drug-likeness (QED) is 0.759. The third-order valence-electron chi connectivity index (χ3n) is 2.72. The SMILES string of the molecule is Fc1ccccc1CNC1(CCl)CC1. The molecule has 1 aromatic rings. The average molecular weight is 214 g/mol. The Hall–Kier alpha value is -0.600. The van der Waals surface area contributed by atoms with Crippen molar-refractivity contribution in [2.24, 2.45) is 0 Å². The topological polar surface area (TPSA) is 12.0 Å². The molecule has 0 spiro atoms. The fourth-order valence-corrected chi connectivity index (χ4v) is 1.79. The van der Waals surface area contributed by atoms with Crippen molar-refractivity contribution in [3.8, 4) is 0 Å². The second kappa shape index (κ2) is 3.87. The number of rotatable bonds is 4. The van der Waals surface area contributed by atoms with E-state index in [1.165, 1.54) is 6.07 Å². The monoisotopic (exact) mass is 213 g/mol. The standard InChI is InChI=1S/C11H13ClFN/c12-8-11(5-6-11)14-7-9-3-1-2-4-10(9)13/h1-4,14H,5-8H2. The highest BCUT2D eigenvalue weighted by atomic mass is 35.5. The van der Waals surface area contributed by atoms with Crippen molar-refractivity contribution >= 4 is 11.6 Å². The first kappa shape index (κ1) is 9.94. The van der Waals surface area contributed by atoms with Crippen molar-refractivity contribution in [1.29, 1.82) is 0 Å². The van der Waals surface area contributed by atoms with Gasteiger partial charge in [-0.2, -0.15) is 0 Å². The second-order valence-electron chi connectivity index (χ2n) is 3.86. The summed E-state index contributed by atoms with van der Waals surface area (Å²) in [5.74, 6) is 0.465. The maximum atomic E-state index is 13.2. The molecule has 0 saturated heterocycles.